The lowest BCUT2D eigenvalue weighted by molar-refractivity contribution is -0.141. The van der Waals surface area contributed by atoms with Crippen LogP contribution in [0.4, 0.5) is 13.2 Å². The van der Waals surface area contributed by atoms with Crippen molar-refractivity contribution >= 4 is 17.6 Å². The number of hydrogen-bond donors (Lipinski definition) is 0. The Bertz CT molecular complexity index is 715. The molecule has 0 radical (unpaired) electrons. The van der Waals surface area contributed by atoms with Gasteiger partial charge in [-0.25, -0.2) is 9.78 Å². The number of methoxy groups -OCH3 is 1. The van der Waals surface area contributed by atoms with E-state index >= 15 is 0 Å². The van der Waals surface area contributed by atoms with Crippen LogP contribution in [-0.2, 0) is 10.9 Å². The fourth-order valence-corrected chi connectivity index (χ4v) is 1.96. The molecule has 0 N–H and O–H groups in total. The third-order valence-corrected chi connectivity index (χ3v) is 3.32. The molecule has 0 fully saturated rings. The fraction of sp³-hybridized carbons (Fsp3) is 0.214. The third kappa shape index (κ3) is 3.19. The second-order valence-electron chi connectivity index (χ2n) is 4.38. The molecule has 116 valence electrons. The lowest BCUT2D eigenvalue weighted by Gasteiger charge is -2.10. The maximum atomic E-state index is 12.5. The van der Waals surface area contributed by atoms with Crippen molar-refractivity contribution < 1.29 is 22.7 Å². The van der Waals surface area contributed by atoms with E-state index in [1.54, 1.807) is 6.92 Å². The predicted molar refractivity (Wildman–Crippen MR) is 73.6 cm³/mol. The molecule has 0 saturated carbocycles. The van der Waals surface area contributed by atoms with Crippen molar-refractivity contribution in [1.82, 2.24) is 9.97 Å². The molecule has 0 atom stereocenters. The molecule has 0 unspecified atom stereocenters. The van der Waals surface area contributed by atoms with Crippen LogP contribution in [0.15, 0.2) is 24.4 Å². The number of pyridine rings is 2. The molecular formula is C14H10ClF3N2O2. The van der Waals surface area contributed by atoms with Crippen molar-refractivity contribution in [1.29, 1.82) is 0 Å². The molecule has 2 rings (SSSR count). The van der Waals surface area contributed by atoms with Crippen LogP contribution in [0, 0.1) is 6.92 Å². The molecule has 0 saturated heterocycles. The molecule has 2 aromatic rings. The molecule has 2 aromatic heterocycles. The normalized spacial score (nSPS) is 11.4. The Labute approximate surface area is 128 Å². The molecule has 22 heavy (non-hydrogen) atoms. The van der Waals surface area contributed by atoms with Gasteiger partial charge >= 0.3 is 12.1 Å². The van der Waals surface area contributed by atoms with E-state index < -0.39 is 17.8 Å². The van der Waals surface area contributed by atoms with Crippen LogP contribution in [0.25, 0.3) is 11.3 Å². The Hall–Kier alpha value is -2.15. The second kappa shape index (κ2) is 5.92. The third-order valence-electron chi connectivity index (χ3n) is 2.93. The van der Waals surface area contributed by atoms with Crippen molar-refractivity contribution in [3.05, 3.63) is 46.4 Å². The van der Waals surface area contributed by atoms with E-state index in [-0.39, 0.29) is 16.4 Å². The van der Waals surface area contributed by atoms with Gasteiger partial charge in [-0.05, 0) is 30.7 Å². The monoisotopic (exact) mass is 330 g/mol. The highest BCUT2D eigenvalue weighted by Crippen LogP contribution is 2.31. The van der Waals surface area contributed by atoms with Gasteiger partial charge in [0.15, 0.2) is 5.69 Å². The van der Waals surface area contributed by atoms with Gasteiger partial charge in [0, 0.05) is 16.8 Å². The van der Waals surface area contributed by atoms with Crippen LogP contribution in [0.5, 0.6) is 0 Å². The van der Waals surface area contributed by atoms with E-state index in [1.165, 1.54) is 19.2 Å². The van der Waals surface area contributed by atoms with Crippen molar-refractivity contribution in [3.63, 3.8) is 0 Å². The summed E-state index contributed by atoms with van der Waals surface area (Å²) >= 11 is 6.03. The Kier molecular flexibility index (Phi) is 4.37. The molecule has 4 nitrogen and oxygen atoms in total. The van der Waals surface area contributed by atoms with Crippen molar-refractivity contribution in [2.45, 2.75) is 13.1 Å². The molecule has 0 amide bonds. The summed E-state index contributed by atoms with van der Waals surface area (Å²) in [7, 11) is 1.19. The number of rotatable bonds is 2. The molecule has 8 heteroatoms. The Morgan fingerprint density at radius 1 is 1.32 bits per heavy atom. The van der Waals surface area contributed by atoms with Gasteiger partial charge in [-0.2, -0.15) is 13.2 Å². The fourth-order valence-electron chi connectivity index (χ4n) is 1.77. The zero-order valence-corrected chi connectivity index (χ0v) is 12.3. The van der Waals surface area contributed by atoms with E-state index in [4.69, 9.17) is 11.6 Å². The summed E-state index contributed by atoms with van der Waals surface area (Å²) in [5.74, 6) is -0.692. The average molecular weight is 331 g/mol. The SMILES string of the molecule is COC(=O)c1cc(Cl)c(C)c(-c2ccc(C(F)(F)F)nc2)n1. The zero-order valence-electron chi connectivity index (χ0n) is 11.5. The number of esters is 1. The molecule has 2 heterocycles. The summed E-state index contributed by atoms with van der Waals surface area (Å²) < 4.78 is 42.1. The first-order chi connectivity index (χ1) is 10.2. The van der Waals surface area contributed by atoms with E-state index in [9.17, 15) is 18.0 Å². The zero-order chi connectivity index (χ0) is 16.5. The molecule has 0 spiro atoms. The summed E-state index contributed by atoms with van der Waals surface area (Å²) in [6.07, 6.45) is -3.48. The Morgan fingerprint density at radius 2 is 2.00 bits per heavy atom. The average Bonchev–Trinajstić information content (AvgIpc) is 2.48. The smallest absolute Gasteiger partial charge is 0.433 e. The highest BCUT2D eigenvalue weighted by Gasteiger charge is 2.32. The van der Waals surface area contributed by atoms with E-state index in [1.807, 2.05) is 0 Å². The first-order valence-electron chi connectivity index (χ1n) is 6.03. The first kappa shape index (κ1) is 16.2. The van der Waals surface area contributed by atoms with Crippen LogP contribution in [0.1, 0.15) is 21.7 Å². The number of carbonyl (C=O) groups is 1. The Balaban J connectivity index is 2.52. The van der Waals surface area contributed by atoms with Gasteiger partial charge in [-0.1, -0.05) is 11.6 Å². The summed E-state index contributed by atoms with van der Waals surface area (Å²) in [5.41, 5.74) is 0.0697. The minimum Gasteiger partial charge on any atom is -0.464 e. The summed E-state index contributed by atoms with van der Waals surface area (Å²) in [5, 5.41) is 0.255. The van der Waals surface area contributed by atoms with Gasteiger partial charge in [-0.3, -0.25) is 4.98 Å². The number of aromatic nitrogens is 2. The predicted octanol–water partition coefficient (Wildman–Crippen LogP) is 3.91. The molecular weight excluding hydrogens is 321 g/mol. The number of hydrogen-bond acceptors (Lipinski definition) is 4. The van der Waals surface area contributed by atoms with E-state index in [0.717, 1.165) is 12.3 Å². The van der Waals surface area contributed by atoms with E-state index in [2.05, 4.69) is 14.7 Å². The minimum absolute atomic E-state index is 0.0343. The standard InChI is InChI=1S/C14H10ClF3N2O2/c1-7-9(15)5-10(13(21)22-2)20-12(7)8-3-4-11(19-6-8)14(16,17)18/h3-6H,1-2H3. The quantitative estimate of drug-likeness (QED) is 0.783. The Morgan fingerprint density at radius 3 is 2.50 bits per heavy atom. The van der Waals surface area contributed by atoms with Gasteiger partial charge in [0.2, 0.25) is 0 Å². The molecule has 0 aromatic carbocycles. The summed E-state index contributed by atoms with van der Waals surface area (Å²) in [4.78, 5) is 19.0. The highest BCUT2D eigenvalue weighted by molar-refractivity contribution is 6.32. The maximum Gasteiger partial charge on any atom is 0.433 e. The highest BCUT2D eigenvalue weighted by atomic mass is 35.5. The first-order valence-corrected chi connectivity index (χ1v) is 6.41. The molecule has 0 bridgehead atoms. The van der Waals surface area contributed by atoms with E-state index in [0.29, 0.717) is 11.1 Å². The number of ether oxygens (including phenoxy) is 1. The molecule has 0 aliphatic carbocycles. The number of halogens is 4. The van der Waals surface area contributed by atoms with Crippen molar-refractivity contribution in [3.8, 4) is 11.3 Å². The van der Waals surface area contributed by atoms with Crippen LogP contribution in [0.2, 0.25) is 5.02 Å². The van der Waals surface area contributed by atoms with Crippen LogP contribution in [0.3, 0.4) is 0 Å². The van der Waals surface area contributed by atoms with Gasteiger partial charge in [0.25, 0.3) is 0 Å². The topological polar surface area (TPSA) is 52.1 Å². The van der Waals surface area contributed by atoms with Crippen molar-refractivity contribution in [2.24, 2.45) is 0 Å². The lowest BCUT2D eigenvalue weighted by atomic mass is 10.1. The van der Waals surface area contributed by atoms with Crippen LogP contribution in [-0.4, -0.2) is 23.0 Å². The van der Waals surface area contributed by atoms with Crippen LogP contribution >= 0.6 is 11.6 Å². The largest absolute Gasteiger partial charge is 0.464 e. The van der Waals surface area contributed by atoms with Gasteiger partial charge in [-0.15, -0.1) is 0 Å². The van der Waals surface area contributed by atoms with Crippen LogP contribution < -0.4 is 0 Å². The van der Waals surface area contributed by atoms with Gasteiger partial charge < -0.3 is 4.74 Å². The van der Waals surface area contributed by atoms with Crippen molar-refractivity contribution in [2.75, 3.05) is 7.11 Å². The number of nitrogens with zero attached hydrogens (tertiary/aromatic N) is 2. The second-order valence-corrected chi connectivity index (χ2v) is 4.79. The van der Waals surface area contributed by atoms with Gasteiger partial charge in [0.05, 0.1) is 12.8 Å². The lowest BCUT2D eigenvalue weighted by Crippen LogP contribution is -2.08. The maximum absolute atomic E-state index is 12.5. The minimum atomic E-state index is -4.52. The molecule has 0 aliphatic heterocycles. The van der Waals surface area contributed by atoms with Gasteiger partial charge in [0.1, 0.15) is 5.69 Å². The summed E-state index contributed by atoms with van der Waals surface area (Å²) in [6, 6.07) is 3.40. The number of alkyl halides is 3. The summed E-state index contributed by atoms with van der Waals surface area (Å²) in [6.45, 7) is 1.64. The molecule has 0 aliphatic rings. The number of carbonyl (C=O) groups excluding carboxylic acids is 1.